The fraction of sp³-hybridized carbons (Fsp3) is 0.0625. The molecule has 0 bridgehead atoms. The van der Waals surface area contributed by atoms with Crippen LogP contribution in [0.25, 0.3) is 15.9 Å². The second kappa shape index (κ2) is 4.86. The van der Waals surface area contributed by atoms with Crippen molar-refractivity contribution in [1.82, 2.24) is 9.55 Å². The summed E-state index contributed by atoms with van der Waals surface area (Å²) in [6.45, 7) is 3.74. The van der Waals surface area contributed by atoms with Gasteiger partial charge in [-0.25, -0.2) is 13.4 Å². The molecule has 0 aliphatic carbocycles. The van der Waals surface area contributed by atoms with Crippen LogP contribution in [0.1, 0.15) is 5.56 Å². The van der Waals surface area contributed by atoms with Crippen molar-refractivity contribution < 1.29 is 8.42 Å². The van der Waals surface area contributed by atoms with Crippen LogP contribution in [0.2, 0.25) is 0 Å². The van der Waals surface area contributed by atoms with Crippen molar-refractivity contribution in [3.8, 4) is 0 Å². The highest BCUT2D eigenvalue weighted by Crippen LogP contribution is 2.27. The van der Waals surface area contributed by atoms with E-state index in [1.54, 1.807) is 41.9 Å². The molecule has 0 aliphatic heterocycles. The second-order valence-electron chi connectivity index (χ2n) is 4.73. The molecule has 3 rings (SSSR count). The Morgan fingerprint density at radius 2 is 1.67 bits per heavy atom. The van der Waals surface area contributed by atoms with Gasteiger partial charge in [0, 0.05) is 7.05 Å². The molecule has 1 aromatic heterocycles. The molecule has 0 spiro atoms. The highest BCUT2D eigenvalue weighted by atomic mass is 32.2. The minimum atomic E-state index is -3.73. The van der Waals surface area contributed by atoms with Crippen LogP contribution in [0, 0.1) is 0 Å². The van der Waals surface area contributed by atoms with Crippen molar-refractivity contribution >= 4 is 25.8 Å². The van der Waals surface area contributed by atoms with E-state index in [0.29, 0.717) is 11.1 Å². The van der Waals surface area contributed by atoms with E-state index in [0.717, 1.165) is 5.52 Å². The highest BCUT2D eigenvalue weighted by Gasteiger charge is 2.26. The summed E-state index contributed by atoms with van der Waals surface area (Å²) in [5.74, 6) is 0. The van der Waals surface area contributed by atoms with Crippen molar-refractivity contribution in [2.75, 3.05) is 0 Å². The number of benzene rings is 2. The Labute approximate surface area is 123 Å². The van der Waals surface area contributed by atoms with E-state index in [4.69, 9.17) is 0 Å². The lowest BCUT2D eigenvalue weighted by molar-refractivity contribution is 0.591. The van der Waals surface area contributed by atoms with E-state index in [1.165, 1.54) is 0 Å². The standard InChI is InChI=1S/C16H14N2O2S/c1-12(13-8-4-3-5-9-13)21(19,20)16-17-14-10-6-7-11-15(14)18(16)2/h3-11H,1H2,2H3. The van der Waals surface area contributed by atoms with Gasteiger partial charge in [0.2, 0.25) is 15.0 Å². The molecule has 0 aliphatic rings. The van der Waals surface area contributed by atoms with Gasteiger partial charge in [0.25, 0.3) is 0 Å². The van der Waals surface area contributed by atoms with Gasteiger partial charge in [-0.1, -0.05) is 49.0 Å². The molecule has 0 unspecified atom stereocenters. The van der Waals surface area contributed by atoms with Gasteiger partial charge in [0.05, 0.1) is 15.9 Å². The largest absolute Gasteiger partial charge is 0.318 e. The van der Waals surface area contributed by atoms with Crippen LogP contribution in [0.15, 0.2) is 66.3 Å². The van der Waals surface area contributed by atoms with Gasteiger partial charge in [-0.3, -0.25) is 0 Å². The minimum Gasteiger partial charge on any atom is -0.318 e. The van der Waals surface area contributed by atoms with E-state index in [-0.39, 0.29) is 10.1 Å². The summed E-state index contributed by atoms with van der Waals surface area (Å²) in [6, 6.07) is 16.2. The fourth-order valence-electron chi connectivity index (χ4n) is 2.25. The number of aromatic nitrogens is 2. The Morgan fingerprint density at radius 1 is 1.05 bits per heavy atom. The fourth-order valence-corrected chi connectivity index (χ4v) is 3.60. The molecule has 0 fully saturated rings. The first-order valence-electron chi connectivity index (χ1n) is 6.42. The summed E-state index contributed by atoms with van der Waals surface area (Å²) < 4.78 is 27.1. The molecule has 21 heavy (non-hydrogen) atoms. The van der Waals surface area contributed by atoms with Crippen LogP contribution in [-0.4, -0.2) is 18.0 Å². The van der Waals surface area contributed by atoms with Gasteiger partial charge < -0.3 is 4.57 Å². The van der Waals surface area contributed by atoms with Gasteiger partial charge in [-0.05, 0) is 17.7 Å². The summed E-state index contributed by atoms with van der Waals surface area (Å²) in [5.41, 5.74) is 2.00. The third-order valence-corrected chi connectivity index (χ3v) is 5.14. The van der Waals surface area contributed by atoms with Gasteiger partial charge in [0.15, 0.2) is 0 Å². The summed E-state index contributed by atoms with van der Waals surface area (Å²) in [4.78, 5) is 4.30. The Bertz CT molecular complexity index is 925. The first-order chi connectivity index (χ1) is 10.0. The van der Waals surface area contributed by atoms with Crippen LogP contribution >= 0.6 is 0 Å². The monoisotopic (exact) mass is 298 g/mol. The summed E-state index contributed by atoms with van der Waals surface area (Å²) in [7, 11) is -2.03. The number of para-hydroxylation sites is 2. The minimum absolute atomic E-state index is 0.0116. The second-order valence-corrected chi connectivity index (χ2v) is 6.60. The smallest absolute Gasteiger partial charge is 0.240 e. The number of rotatable bonds is 3. The molecule has 0 amide bonds. The van der Waals surface area contributed by atoms with Crippen molar-refractivity contribution in [3.05, 3.63) is 66.7 Å². The number of hydrogen-bond donors (Lipinski definition) is 0. The molecule has 106 valence electrons. The van der Waals surface area contributed by atoms with E-state index in [9.17, 15) is 8.42 Å². The number of nitrogens with zero attached hydrogens (tertiary/aromatic N) is 2. The van der Waals surface area contributed by atoms with Crippen molar-refractivity contribution in [2.24, 2.45) is 7.05 Å². The molecule has 1 heterocycles. The molecule has 0 N–H and O–H groups in total. The molecule has 5 heteroatoms. The number of sulfone groups is 1. The lowest BCUT2D eigenvalue weighted by Gasteiger charge is -2.07. The Balaban J connectivity index is 2.17. The average molecular weight is 298 g/mol. The maximum atomic E-state index is 12.7. The van der Waals surface area contributed by atoms with Crippen LogP contribution in [0.3, 0.4) is 0 Å². The molecule has 0 radical (unpaired) electrons. The number of imidazole rings is 1. The third-order valence-electron chi connectivity index (χ3n) is 3.41. The summed E-state index contributed by atoms with van der Waals surface area (Å²) in [6.07, 6.45) is 0. The first-order valence-corrected chi connectivity index (χ1v) is 7.91. The molecular formula is C16H14N2O2S. The van der Waals surface area contributed by atoms with Crippen LogP contribution in [-0.2, 0) is 16.9 Å². The molecule has 2 aromatic carbocycles. The average Bonchev–Trinajstić information content (AvgIpc) is 2.86. The molecular weight excluding hydrogens is 284 g/mol. The van der Waals surface area contributed by atoms with E-state index < -0.39 is 9.84 Å². The van der Waals surface area contributed by atoms with E-state index in [2.05, 4.69) is 11.6 Å². The molecule has 0 saturated heterocycles. The normalized spacial score (nSPS) is 11.7. The quantitative estimate of drug-likeness (QED) is 0.747. The molecule has 3 aromatic rings. The van der Waals surface area contributed by atoms with Crippen molar-refractivity contribution in [2.45, 2.75) is 5.16 Å². The lowest BCUT2D eigenvalue weighted by atomic mass is 10.2. The zero-order valence-corrected chi connectivity index (χ0v) is 12.3. The Morgan fingerprint density at radius 3 is 2.33 bits per heavy atom. The number of hydrogen-bond acceptors (Lipinski definition) is 3. The summed E-state index contributed by atoms with van der Waals surface area (Å²) >= 11 is 0. The van der Waals surface area contributed by atoms with Gasteiger partial charge in [-0.15, -0.1) is 0 Å². The van der Waals surface area contributed by atoms with Crippen molar-refractivity contribution in [1.29, 1.82) is 0 Å². The van der Waals surface area contributed by atoms with E-state index >= 15 is 0 Å². The van der Waals surface area contributed by atoms with Crippen molar-refractivity contribution in [3.63, 3.8) is 0 Å². The molecule has 0 saturated carbocycles. The lowest BCUT2D eigenvalue weighted by Crippen LogP contribution is -2.09. The zero-order valence-electron chi connectivity index (χ0n) is 11.5. The van der Waals surface area contributed by atoms with Gasteiger partial charge in [0.1, 0.15) is 0 Å². The SMILES string of the molecule is C=C(c1ccccc1)S(=O)(=O)c1nc2ccccc2n1C. The van der Waals surface area contributed by atoms with Gasteiger partial charge >= 0.3 is 0 Å². The number of fused-ring (bicyclic) bond motifs is 1. The number of aryl methyl sites for hydroxylation is 1. The predicted molar refractivity (Wildman–Crippen MR) is 83.4 cm³/mol. The topological polar surface area (TPSA) is 52.0 Å². The highest BCUT2D eigenvalue weighted by molar-refractivity contribution is 8.00. The summed E-state index contributed by atoms with van der Waals surface area (Å²) in [5, 5.41) is 0.0116. The third kappa shape index (κ3) is 2.15. The van der Waals surface area contributed by atoms with Crippen LogP contribution in [0.4, 0.5) is 0 Å². The van der Waals surface area contributed by atoms with E-state index in [1.807, 2.05) is 24.3 Å². The maximum absolute atomic E-state index is 12.7. The molecule has 4 nitrogen and oxygen atoms in total. The maximum Gasteiger partial charge on any atom is 0.240 e. The van der Waals surface area contributed by atoms with Crippen LogP contribution in [0.5, 0.6) is 0 Å². The van der Waals surface area contributed by atoms with Gasteiger partial charge in [-0.2, -0.15) is 0 Å². The predicted octanol–water partition coefficient (Wildman–Crippen LogP) is 3.02. The zero-order chi connectivity index (χ0) is 15.0. The Kier molecular flexibility index (Phi) is 3.14. The first kappa shape index (κ1) is 13.6. The Hall–Kier alpha value is -2.40. The molecule has 0 atom stereocenters. The van der Waals surface area contributed by atoms with Crippen LogP contribution < -0.4 is 0 Å².